The van der Waals surface area contributed by atoms with Gasteiger partial charge in [-0.05, 0) is 18.6 Å². The number of imidazole rings is 1. The first kappa shape index (κ1) is 14.2. The summed E-state index contributed by atoms with van der Waals surface area (Å²) in [4.78, 5) is 9.01. The first-order valence-corrected chi connectivity index (χ1v) is 7.73. The second-order valence-electron chi connectivity index (χ2n) is 5.74. The molecule has 6 nitrogen and oxygen atoms in total. The van der Waals surface area contributed by atoms with Gasteiger partial charge in [-0.1, -0.05) is 18.2 Å². The minimum Gasteiger partial charge on any atom is -0.444 e. The lowest BCUT2D eigenvalue weighted by Gasteiger charge is -2.13. The van der Waals surface area contributed by atoms with Gasteiger partial charge in [-0.25, -0.2) is 9.97 Å². The highest BCUT2D eigenvalue weighted by molar-refractivity contribution is 5.58. The number of aliphatic hydroxyl groups excluding tert-OH is 1. The Morgan fingerprint density at radius 1 is 1.30 bits per heavy atom. The molecule has 2 N–H and O–H groups in total. The van der Waals surface area contributed by atoms with Crippen LogP contribution in [-0.2, 0) is 0 Å². The van der Waals surface area contributed by atoms with Crippen molar-refractivity contribution in [2.45, 2.75) is 18.5 Å². The Kier molecular flexibility index (Phi) is 3.69. The highest BCUT2D eigenvalue weighted by atomic mass is 16.3. The van der Waals surface area contributed by atoms with Gasteiger partial charge in [0.1, 0.15) is 12.0 Å². The lowest BCUT2D eigenvalue weighted by molar-refractivity contribution is 0.253. The summed E-state index contributed by atoms with van der Waals surface area (Å²) in [6.45, 7) is 0.973. The number of aromatic nitrogens is 3. The predicted molar refractivity (Wildman–Crippen MR) is 85.7 cm³/mol. The molecule has 1 saturated heterocycles. The molecule has 1 fully saturated rings. The van der Waals surface area contributed by atoms with Crippen LogP contribution in [0.2, 0.25) is 0 Å². The molecule has 23 heavy (non-hydrogen) atoms. The van der Waals surface area contributed by atoms with E-state index in [2.05, 4.69) is 19.9 Å². The fourth-order valence-electron chi connectivity index (χ4n) is 3.04. The summed E-state index contributed by atoms with van der Waals surface area (Å²) in [5.74, 6) is 1.38. The number of nitrogens with zero attached hydrogens (tertiary/aromatic N) is 3. The molecule has 1 aliphatic heterocycles. The van der Waals surface area contributed by atoms with Crippen LogP contribution in [0.1, 0.15) is 12.5 Å². The van der Waals surface area contributed by atoms with Gasteiger partial charge in [0.15, 0.2) is 5.82 Å². The Labute approximate surface area is 133 Å². The molecule has 0 radical (unpaired) electrons. The maximum Gasteiger partial charge on any atom is 0.226 e. The van der Waals surface area contributed by atoms with E-state index in [0.717, 1.165) is 30.0 Å². The molecule has 0 bridgehead atoms. The fraction of sp³-hybridized carbons (Fsp3) is 0.294. The summed E-state index contributed by atoms with van der Waals surface area (Å²) >= 11 is 0. The molecule has 3 heterocycles. The third-order valence-corrected chi connectivity index (χ3v) is 4.24. The predicted octanol–water partition coefficient (Wildman–Crippen LogP) is 2.10. The summed E-state index contributed by atoms with van der Waals surface area (Å²) < 4.78 is 7.72. The molecule has 1 aromatic carbocycles. The van der Waals surface area contributed by atoms with E-state index in [4.69, 9.17) is 4.42 Å². The van der Waals surface area contributed by atoms with Gasteiger partial charge in [-0.15, -0.1) is 0 Å². The number of aliphatic hydroxyl groups is 1. The van der Waals surface area contributed by atoms with Crippen LogP contribution in [0, 0.1) is 0 Å². The van der Waals surface area contributed by atoms with E-state index in [1.165, 1.54) is 0 Å². The van der Waals surface area contributed by atoms with Gasteiger partial charge in [0.2, 0.25) is 5.89 Å². The van der Waals surface area contributed by atoms with Crippen LogP contribution in [-0.4, -0.2) is 38.8 Å². The van der Waals surface area contributed by atoms with Crippen molar-refractivity contribution >= 4 is 0 Å². The standard InChI is InChI=1S/C17H18N4O2/c22-10-13-8-14(9-19-13)21-7-6-18-16(21)15-11-23-17(20-15)12-4-2-1-3-5-12/h1-7,11,13-14,19,22H,8-10H2/t13-,14-/m0/s1. The van der Waals surface area contributed by atoms with Crippen molar-refractivity contribution in [3.63, 3.8) is 0 Å². The first-order chi connectivity index (χ1) is 11.3. The molecule has 0 saturated carbocycles. The highest BCUT2D eigenvalue weighted by Gasteiger charge is 2.27. The molecule has 6 heteroatoms. The van der Waals surface area contributed by atoms with E-state index < -0.39 is 0 Å². The van der Waals surface area contributed by atoms with Crippen molar-refractivity contribution in [3.8, 4) is 23.0 Å². The molecular formula is C17H18N4O2. The van der Waals surface area contributed by atoms with Crippen LogP contribution in [0.3, 0.4) is 0 Å². The molecule has 3 aromatic rings. The van der Waals surface area contributed by atoms with Gasteiger partial charge >= 0.3 is 0 Å². The normalized spacial score (nSPS) is 20.9. The van der Waals surface area contributed by atoms with E-state index in [9.17, 15) is 5.11 Å². The second-order valence-corrected chi connectivity index (χ2v) is 5.74. The quantitative estimate of drug-likeness (QED) is 0.772. The molecule has 1 aliphatic rings. The average Bonchev–Trinajstić information content (AvgIpc) is 3.33. The minimum atomic E-state index is 0.146. The largest absolute Gasteiger partial charge is 0.444 e. The van der Waals surface area contributed by atoms with E-state index >= 15 is 0 Å². The number of nitrogens with one attached hydrogen (secondary N) is 1. The maximum atomic E-state index is 9.28. The maximum absolute atomic E-state index is 9.28. The molecule has 4 rings (SSSR count). The zero-order valence-corrected chi connectivity index (χ0v) is 12.6. The molecule has 2 aromatic heterocycles. The minimum absolute atomic E-state index is 0.146. The summed E-state index contributed by atoms with van der Waals surface area (Å²) in [5, 5.41) is 12.6. The van der Waals surface area contributed by atoms with Crippen LogP contribution in [0.25, 0.3) is 23.0 Å². The van der Waals surface area contributed by atoms with Crippen molar-refractivity contribution in [2.75, 3.05) is 13.2 Å². The van der Waals surface area contributed by atoms with Crippen LogP contribution < -0.4 is 5.32 Å². The monoisotopic (exact) mass is 310 g/mol. The number of oxazole rings is 1. The van der Waals surface area contributed by atoms with Gasteiger partial charge < -0.3 is 19.4 Å². The Morgan fingerprint density at radius 2 is 2.17 bits per heavy atom. The zero-order valence-electron chi connectivity index (χ0n) is 12.6. The van der Waals surface area contributed by atoms with Gasteiger partial charge in [0, 0.05) is 36.6 Å². The van der Waals surface area contributed by atoms with Crippen molar-refractivity contribution in [1.29, 1.82) is 0 Å². The van der Waals surface area contributed by atoms with Gasteiger partial charge in [0.05, 0.1) is 6.61 Å². The summed E-state index contributed by atoms with van der Waals surface area (Å²) in [5.41, 5.74) is 1.67. The van der Waals surface area contributed by atoms with E-state index in [1.807, 2.05) is 36.5 Å². The lowest BCUT2D eigenvalue weighted by atomic mass is 10.2. The van der Waals surface area contributed by atoms with Crippen LogP contribution in [0.5, 0.6) is 0 Å². The zero-order chi connectivity index (χ0) is 15.6. The smallest absolute Gasteiger partial charge is 0.226 e. The third-order valence-electron chi connectivity index (χ3n) is 4.24. The average molecular weight is 310 g/mol. The summed E-state index contributed by atoms with van der Waals surface area (Å²) in [7, 11) is 0. The Balaban J connectivity index is 1.63. The fourth-order valence-corrected chi connectivity index (χ4v) is 3.04. The molecular weight excluding hydrogens is 292 g/mol. The van der Waals surface area contributed by atoms with E-state index in [0.29, 0.717) is 5.89 Å². The Hall–Kier alpha value is -2.44. The van der Waals surface area contributed by atoms with Crippen LogP contribution in [0.4, 0.5) is 0 Å². The van der Waals surface area contributed by atoms with Crippen LogP contribution >= 0.6 is 0 Å². The van der Waals surface area contributed by atoms with Crippen molar-refractivity contribution in [3.05, 3.63) is 49.0 Å². The molecule has 118 valence electrons. The summed E-state index contributed by atoms with van der Waals surface area (Å²) in [6, 6.07) is 10.2. The van der Waals surface area contributed by atoms with Gasteiger partial charge in [-0.3, -0.25) is 0 Å². The van der Waals surface area contributed by atoms with Gasteiger partial charge in [0.25, 0.3) is 0 Å². The van der Waals surface area contributed by atoms with Crippen molar-refractivity contribution in [1.82, 2.24) is 19.9 Å². The van der Waals surface area contributed by atoms with Crippen molar-refractivity contribution < 1.29 is 9.52 Å². The number of benzene rings is 1. The Morgan fingerprint density at radius 3 is 2.96 bits per heavy atom. The van der Waals surface area contributed by atoms with Crippen LogP contribution in [0.15, 0.2) is 53.4 Å². The van der Waals surface area contributed by atoms with Gasteiger partial charge in [-0.2, -0.15) is 0 Å². The number of hydrogen-bond acceptors (Lipinski definition) is 5. The SMILES string of the molecule is OC[C@@H]1C[C@H](n2ccnc2-c2coc(-c3ccccc3)n2)CN1. The topological polar surface area (TPSA) is 76.1 Å². The molecule has 0 spiro atoms. The molecule has 0 amide bonds. The second kappa shape index (κ2) is 5.98. The lowest BCUT2D eigenvalue weighted by Crippen LogP contribution is -2.24. The Bertz CT molecular complexity index is 781. The molecule has 2 atom stereocenters. The number of rotatable bonds is 4. The van der Waals surface area contributed by atoms with E-state index in [1.54, 1.807) is 12.5 Å². The molecule has 0 unspecified atom stereocenters. The number of hydrogen-bond donors (Lipinski definition) is 2. The van der Waals surface area contributed by atoms with E-state index in [-0.39, 0.29) is 18.7 Å². The third kappa shape index (κ3) is 2.67. The highest BCUT2D eigenvalue weighted by Crippen LogP contribution is 2.28. The summed E-state index contributed by atoms with van der Waals surface area (Å²) in [6.07, 6.45) is 6.26. The molecule has 0 aliphatic carbocycles. The first-order valence-electron chi connectivity index (χ1n) is 7.73. The van der Waals surface area contributed by atoms with Crippen molar-refractivity contribution in [2.24, 2.45) is 0 Å².